The van der Waals surface area contributed by atoms with Crippen LogP contribution in [0.1, 0.15) is 0 Å². The van der Waals surface area contributed by atoms with Crippen LogP contribution in [-0.4, -0.2) is 118 Å². The van der Waals surface area contributed by atoms with Gasteiger partial charge in [-0.2, -0.15) is 12.9 Å². The summed E-state index contributed by atoms with van der Waals surface area (Å²) < 4.78 is 76.5. The summed E-state index contributed by atoms with van der Waals surface area (Å²) in [5, 5.41) is 38.1. The number of aliphatic hydroxyl groups is 4. The fraction of sp³-hybridized carbons (Fsp3) is 1.00. The van der Waals surface area contributed by atoms with Crippen LogP contribution in [0.4, 0.5) is 0 Å². The fourth-order valence-corrected chi connectivity index (χ4v) is 7.59. The van der Waals surface area contributed by atoms with Gasteiger partial charge in [0.15, 0.2) is 0 Å². The molecule has 2 saturated heterocycles. The summed E-state index contributed by atoms with van der Waals surface area (Å²) in [4.78, 5) is 37.9. The van der Waals surface area contributed by atoms with Crippen molar-refractivity contribution in [2.24, 2.45) is 0 Å². The molecule has 2 rings (SSSR count). The van der Waals surface area contributed by atoms with E-state index in [1.54, 1.807) is 0 Å². The summed E-state index contributed by atoms with van der Waals surface area (Å²) in [7, 11) is -12.7. The SMILES string of the molecule is [B][C@@H]1O[C@H](COP(=O)(O)OP(=O)(O)OP(=O)(O)OP(=O)(O)OC[C@H]2O[C@@H]([B])C(O)[C@H]2O)C(O)C1O. The Morgan fingerprint density at radius 3 is 1.11 bits per heavy atom. The Labute approximate surface area is 199 Å². The summed E-state index contributed by atoms with van der Waals surface area (Å²) in [6.07, 6.45) is -9.50. The Morgan fingerprint density at radius 2 is 0.857 bits per heavy atom. The van der Waals surface area contributed by atoms with E-state index in [1.807, 2.05) is 0 Å². The first-order valence-electron chi connectivity index (χ1n) is 9.03. The average molecular weight is 590 g/mol. The lowest BCUT2D eigenvalue weighted by molar-refractivity contribution is -0.00909. The van der Waals surface area contributed by atoms with Crippen LogP contribution < -0.4 is 0 Å². The van der Waals surface area contributed by atoms with Crippen LogP contribution in [0.2, 0.25) is 0 Å². The molecular weight excluding hydrogens is 570 g/mol. The average Bonchev–Trinajstić information content (AvgIpc) is 3.06. The summed E-state index contributed by atoms with van der Waals surface area (Å²) in [6, 6.07) is -2.77. The van der Waals surface area contributed by atoms with E-state index >= 15 is 0 Å². The van der Waals surface area contributed by atoms with Crippen molar-refractivity contribution in [1.82, 2.24) is 0 Å². The molecule has 0 aromatic rings. The maximum Gasteiger partial charge on any atom is 0.490 e. The molecule has 0 spiro atoms. The first-order valence-corrected chi connectivity index (χ1v) is 15.0. The Morgan fingerprint density at radius 1 is 0.571 bits per heavy atom. The molecule has 35 heavy (non-hydrogen) atoms. The predicted molar refractivity (Wildman–Crippen MR) is 107 cm³/mol. The summed E-state index contributed by atoms with van der Waals surface area (Å²) in [5.74, 6) is 0. The molecule has 0 aromatic heterocycles. The van der Waals surface area contributed by atoms with Crippen LogP contribution >= 0.6 is 31.3 Å². The van der Waals surface area contributed by atoms with E-state index in [1.165, 1.54) is 0 Å². The molecule has 0 amide bonds. The highest BCUT2D eigenvalue weighted by Crippen LogP contribution is 2.71. The molecule has 4 radical (unpaired) electrons. The van der Waals surface area contributed by atoms with Crippen LogP contribution in [-0.2, 0) is 49.7 Å². The highest BCUT2D eigenvalue weighted by Gasteiger charge is 2.48. The molecule has 0 aromatic carbocycles. The Bertz CT molecular complexity index is 863. The van der Waals surface area contributed by atoms with Gasteiger partial charge in [0.25, 0.3) is 0 Å². The minimum absolute atomic E-state index is 1.03. The second-order valence-electron chi connectivity index (χ2n) is 6.95. The number of phosphoric ester groups is 2. The first kappa shape index (κ1) is 31.7. The standard InChI is InChI=1S/C10H20B2O19P4/c11-9-7(15)5(13)3(27-9)1-25-32(17,18)29-34(21,22)31-35(23,24)30-33(19,20)26-2-4-6(14)8(16)10(12)28-4/h3-10,13-16H,1-2H2,(H,17,18)(H,19,20)(H,21,22)(H,23,24)/t3-,4-,5+,6?,7?,8?,9-,10-/m1/s1. The highest BCUT2D eigenvalue weighted by atomic mass is 31.3. The minimum Gasteiger partial charge on any atom is -0.388 e. The summed E-state index contributed by atoms with van der Waals surface area (Å²) in [5.41, 5.74) is 0. The van der Waals surface area contributed by atoms with Crippen molar-refractivity contribution in [3.8, 4) is 0 Å². The van der Waals surface area contributed by atoms with Crippen molar-refractivity contribution in [2.45, 2.75) is 48.6 Å². The van der Waals surface area contributed by atoms with Crippen molar-refractivity contribution in [3.63, 3.8) is 0 Å². The lowest BCUT2D eigenvalue weighted by Crippen LogP contribution is -2.34. The Hall–Kier alpha value is 0.450. The van der Waals surface area contributed by atoms with Gasteiger partial charge in [-0.1, -0.05) is 0 Å². The molecular formula is C10H20B2O19P4. The maximum atomic E-state index is 11.8. The van der Waals surface area contributed by atoms with Crippen LogP contribution in [0.5, 0.6) is 0 Å². The van der Waals surface area contributed by atoms with E-state index in [2.05, 4.69) is 22.0 Å². The van der Waals surface area contributed by atoms with E-state index in [0.29, 0.717) is 0 Å². The molecule has 19 nitrogen and oxygen atoms in total. The first-order chi connectivity index (χ1) is 15.7. The van der Waals surface area contributed by atoms with Gasteiger partial charge >= 0.3 is 31.3 Å². The van der Waals surface area contributed by atoms with Crippen molar-refractivity contribution >= 4 is 47.0 Å². The van der Waals surface area contributed by atoms with Gasteiger partial charge in [-0.05, 0) is 0 Å². The second-order valence-corrected chi connectivity index (χ2v) is 13.2. The maximum absolute atomic E-state index is 11.8. The number of hydrogen-bond donors (Lipinski definition) is 8. The van der Waals surface area contributed by atoms with Crippen LogP contribution in [0.15, 0.2) is 0 Å². The Kier molecular flexibility index (Phi) is 10.6. The molecule has 2 aliphatic heterocycles. The third-order valence-electron chi connectivity index (χ3n) is 4.22. The van der Waals surface area contributed by atoms with Crippen molar-refractivity contribution in [2.75, 3.05) is 13.2 Å². The van der Waals surface area contributed by atoms with Crippen LogP contribution in [0, 0.1) is 0 Å². The Balaban J connectivity index is 1.89. The van der Waals surface area contributed by atoms with Gasteiger partial charge < -0.3 is 49.5 Å². The quantitative estimate of drug-likeness (QED) is 0.0816. The molecule has 2 fully saturated rings. The largest absolute Gasteiger partial charge is 0.490 e. The number of rotatable bonds is 12. The van der Waals surface area contributed by atoms with Gasteiger partial charge in [0.05, 0.1) is 25.4 Å². The number of phosphoric acid groups is 4. The topological polar surface area (TPSA) is 295 Å². The molecule has 200 valence electrons. The lowest BCUT2D eigenvalue weighted by Gasteiger charge is -2.21. The zero-order valence-electron chi connectivity index (χ0n) is 17.0. The summed E-state index contributed by atoms with van der Waals surface area (Å²) >= 11 is 0. The third-order valence-corrected chi connectivity index (χ3v) is 10.1. The number of aliphatic hydroxyl groups excluding tert-OH is 4. The van der Waals surface area contributed by atoms with Gasteiger partial charge in [0.2, 0.25) is 0 Å². The molecule has 0 saturated carbocycles. The molecule has 0 bridgehead atoms. The van der Waals surface area contributed by atoms with E-state index in [0.717, 1.165) is 0 Å². The minimum atomic E-state index is -6.04. The van der Waals surface area contributed by atoms with Gasteiger partial charge in [0, 0.05) is 12.0 Å². The zero-order valence-corrected chi connectivity index (χ0v) is 20.6. The van der Waals surface area contributed by atoms with E-state index in [4.69, 9.17) is 25.2 Å². The van der Waals surface area contributed by atoms with Crippen LogP contribution in [0.3, 0.4) is 0 Å². The smallest absolute Gasteiger partial charge is 0.388 e. The molecule has 2 heterocycles. The molecule has 8 N–H and O–H groups in total. The zero-order chi connectivity index (χ0) is 27.0. The second kappa shape index (κ2) is 11.7. The van der Waals surface area contributed by atoms with Crippen molar-refractivity contribution in [1.29, 1.82) is 0 Å². The van der Waals surface area contributed by atoms with Crippen molar-refractivity contribution in [3.05, 3.63) is 0 Å². The fourth-order valence-electron chi connectivity index (χ4n) is 2.63. The van der Waals surface area contributed by atoms with E-state index < -0.39 is 93.1 Å². The predicted octanol–water partition coefficient (Wildman–Crippen LogP) is -3.30. The number of ether oxygens (including phenoxy) is 2. The normalized spacial score (nSPS) is 40.5. The third kappa shape index (κ3) is 9.30. The van der Waals surface area contributed by atoms with E-state index in [-0.39, 0.29) is 0 Å². The van der Waals surface area contributed by atoms with Gasteiger partial charge in [-0.15, -0.1) is 0 Å². The molecule has 25 heteroatoms. The highest BCUT2D eigenvalue weighted by molar-refractivity contribution is 7.69. The lowest BCUT2D eigenvalue weighted by atomic mass is 9.93. The number of hydrogen-bond acceptors (Lipinski definition) is 15. The molecule has 0 aliphatic carbocycles. The van der Waals surface area contributed by atoms with E-state index in [9.17, 15) is 58.3 Å². The van der Waals surface area contributed by atoms with Gasteiger partial charge in [-0.25, -0.2) is 18.3 Å². The summed E-state index contributed by atoms with van der Waals surface area (Å²) in [6.45, 7) is -2.06. The molecule has 2 aliphatic rings. The molecule has 12 atom stereocenters. The van der Waals surface area contributed by atoms with Crippen LogP contribution in [0.25, 0.3) is 0 Å². The van der Waals surface area contributed by atoms with Crippen molar-refractivity contribution < 1.29 is 89.7 Å². The van der Waals surface area contributed by atoms with Gasteiger partial charge in [-0.3, -0.25) is 9.05 Å². The molecule has 7 unspecified atom stereocenters. The monoisotopic (exact) mass is 590 g/mol. The van der Waals surface area contributed by atoms with Gasteiger partial charge in [0.1, 0.15) is 40.1 Å².